The van der Waals surface area contributed by atoms with Crippen molar-refractivity contribution >= 4 is 21.6 Å². The average molecular weight is 325 g/mol. The number of rotatable bonds is 6. The third-order valence-corrected chi connectivity index (χ3v) is 5.76. The van der Waals surface area contributed by atoms with E-state index in [1.54, 1.807) is 24.5 Å². The van der Waals surface area contributed by atoms with E-state index in [1.807, 2.05) is 6.92 Å². The lowest BCUT2D eigenvalue weighted by Gasteiger charge is -2.31. The highest BCUT2D eigenvalue weighted by Gasteiger charge is 2.31. The number of hydrogen-bond acceptors (Lipinski definition) is 4. The van der Waals surface area contributed by atoms with Gasteiger partial charge in [-0.05, 0) is 31.4 Å². The SMILES string of the molecule is CCCCS(=O)(=O)N1CCCC(C(=O)Nc2cccnc2)C1. The van der Waals surface area contributed by atoms with Crippen molar-refractivity contribution in [3.8, 4) is 0 Å². The molecule has 0 aromatic carbocycles. The molecule has 2 rings (SSSR count). The number of carbonyl (C=O) groups is 1. The standard InChI is InChI=1S/C15H23N3O3S/c1-2-3-10-22(20,21)18-9-5-6-13(12-18)15(19)17-14-7-4-8-16-11-14/h4,7-8,11,13H,2-3,5-6,9-10,12H2,1H3,(H,17,19). The van der Waals surface area contributed by atoms with E-state index in [1.165, 1.54) is 4.31 Å². The van der Waals surface area contributed by atoms with Crippen LogP contribution in [0, 0.1) is 5.92 Å². The minimum absolute atomic E-state index is 0.136. The number of hydrogen-bond donors (Lipinski definition) is 1. The van der Waals surface area contributed by atoms with Gasteiger partial charge in [-0.1, -0.05) is 13.3 Å². The number of nitrogens with zero attached hydrogens (tertiary/aromatic N) is 2. The van der Waals surface area contributed by atoms with E-state index < -0.39 is 10.0 Å². The van der Waals surface area contributed by atoms with Crippen LogP contribution in [0.3, 0.4) is 0 Å². The Kier molecular flexibility index (Phi) is 5.90. The van der Waals surface area contributed by atoms with Crippen molar-refractivity contribution in [1.82, 2.24) is 9.29 Å². The molecule has 1 aromatic rings. The Bertz CT molecular complexity index is 589. The zero-order valence-electron chi connectivity index (χ0n) is 12.9. The van der Waals surface area contributed by atoms with Crippen LogP contribution in [-0.4, -0.2) is 42.5 Å². The minimum Gasteiger partial charge on any atom is -0.324 e. The molecule has 1 saturated heterocycles. The number of sulfonamides is 1. The Morgan fingerprint density at radius 1 is 1.50 bits per heavy atom. The van der Waals surface area contributed by atoms with Gasteiger partial charge >= 0.3 is 0 Å². The van der Waals surface area contributed by atoms with Crippen LogP contribution in [-0.2, 0) is 14.8 Å². The highest BCUT2D eigenvalue weighted by Crippen LogP contribution is 2.21. The van der Waals surface area contributed by atoms with E-state index in [0.29, 0.717) is 25.1 Å². The molecule has 1 atom stereocenters. The third-order valence-electron chi connectivity index (χ3n) is 3.83. The number of piperidine rings is 1. The molecule has 0 bridgehead atoms. The van der Waals surface area contributed by atoms with Crippen molar-refractivity contribution in [2.24, 2.45) is 5.92 Å². The molecule has 0 saturated carbocycles. The molecule has 2 heterocycles. The predicted molar refractivity (Wildman–Crippen MR) is 85.9 cm³/mol. The van der Waals surface area contributed by atoms with Crippen LogP contribution < -0.4 is 5.32 Å². The zero-order chi connectivity index (χ0) is 16.0. The molecule has 1 aliphatic heterocycles. The molecule has 22 heavy (non-hydrogen) atoms. The van der Waals surface area contributed by atoms with E-state index in [9.17, 15) is 13.2 Å². The number of pyridine rings is 1. The van der Waals surface area contributed by atoms with Gasteiger partial charge in [-0.3, -0.25) is 9.78 Å². The molecular formula is C15H23N3O3S. The maximum absolute atomic E-state index is 12.3. The number of carbonyl (C=O) groups excluding carboxylic acids is 1. The Morgan fingerprint density at radius 3 is 3.00 bits per heavy atom. The second kappa shape index (κ2) is 7.69. The summed E-state index contributed by atoms with van der Waals surface area (Å²) in [5.41, 5.74) is 0.637. The maximum atomic E-state index is 12.3. The zero-order valence-corrected chi connectivity index (χ0v) is 13.7. The summed E-state index contributed by atoms with van der Waals surface area (Å²) in [7, 11) is -3.24. The fraction of sp³-hybridized carbons (Fsp3) is 0.600. The maximum Gasteiger partial charge on any atom is 0.228 e. The van der Waals surface area contributed by atoms with Crippen molar-refractivity contribution in [3.05, 3.63) is 24.5 Å². The normalized spacial score (nSPS) is 19.8. The Morgan fingerprint density at radius 2 is 2.32 bits per heavy atom. The highest BCUT2D eigenvalue weighted by molar-refractivity contribution is 7.89. The first-order valence-electron chi connectivity index (χ1n) is 7.71. The lowest BCUT2D eigenvalue weighted by Crippen LogP contribution is -2.44. The van der Waals surface area contributed by atoms with Crippen LogP contribution in [0.1, 0.15) is 32.6 Å². The molecule has 1 amide bonds. The predicted octanol–water partition coefficient (Wildman–Crippen LogP) is 1.86. The molecule has 122 valence electrons. The fourth-order valence-corrected chi connectivity index (χ4v) is 4.27. The van der Waals surface area contributed by atoms with Crippen molar-refractivity contribution in [3.63, 3.8) is 0 Å². The minimum atomic E-state index is -3.24. The van der Waals surface area contributed by atoms with Crippen LogP contribution in [0.25, 0.3) is 0 Å². The molecule has 0 radical (unpaired) electrons. The summed E-state index contributed by atoms with van der Waals surface area (Å²) in [5.74, 6) is -0.269. The van der Waals surface area contributed by atoms with E-state index in [2.05, 4.69) is 10.3 Å². The molecule has 6 nitrogen and oxygen atoms in total. The number of amides is 1. The topological polar surface area (TPSA) is 79.4 Å². The molecule has 1 N–H and O–H groups in total. The van der Waals surface area contributed by atoms with Gasteiger partial charge in [0.05, 0.1) is 23.6 Å². The first-order valence-corrected chi connectivity index (χ1v) is 9.32. The summed E-state index contributed by atoms with van der Waals surface area (Å²) in [4.78, 5) is 16.2. The summed E-state index contributed by atoms with van der Waals surface area (Å²) >= 11 is 0. The molecule has 7 heteroatoms. The lowest BCUT2D eigenvalue weighted by molar-refractivity contribution is -0.120. The van der Waals surface area contributed by atoms with Gasteiger partial charge in [0, 0.05) is 19.3 Å². The molecule has 1 fully saturated rings. The largest absolute Gasteiger partial charge is 0.324 e. The van der Waals surface area contributed by atoms with Crippen LogP contribution in [0.15, 0.2) is 24.5 Å². The van der Waals surface area contributed by atoms with E-state index in [4.69, 9.17) is 0 Å². The third kappa shape index (κ3) is 4.51. The number of anilines is 1. The number of aromatic nitrogens is 1. The summed E-state index contributed by atoms with van der Waals surface area (Å²) in [6.07, 6.45) is 6.15. The highest BCUT2D eigenvalue weighted by atomic mass is 32.2. The molecular weight excluding hydrogens is 302 g/mol. The fourth-order valence-electron chi connectivity index (χ4n) is 2.55. The average Bonchev–Trinajstić information content (AvgIpc) is 2.54. The van der Waals surface area contributed by atoms with Gasteiger partial charge in [0.15, 0.2) is 0 Å². The van der Waals surface area contributed by atoms with Crippen molar-refractivity contribution in [1.29, 1.82) is 0 Å². The van der Waals surface area contributed by atoms with Crippen LogP contribution >= 0.6 is 0 Å². The first-order chi connectivity index (χ1) is 10.5. The van der Waals surface area contributed by atoms with Crippen molar-refractivity contribution in [2.75, 3.05) is 24.2 Å². The van der Waals surface area contributed by atoms with Gasteiger partial charge in [-0.25, -0.2) is 12.7 Å². The molecule has 0 spiro atoms. The lowest BCUT2D eigenvalue weighted by atomic mass is 9.99. The number of unbranched alkanes of at least 4 members (excludes halogenated alkanes) is 1. The Labute approximate surface area is 132 Å². The van der Waals surface area contributed by atoms with Crippen molar-refractivity contribution < 1.29 is 13.2 Å². The van der Waals surface area contributed by atoms with Gasteiger partial charge in [0.1, 0.15) is 0 Å². The Balaban J connectivity index is 1.96. The van der Waals surface area contributed by atoms with E-state index in [0.717, 1.165) is 12.8 Å². The summed E-state index contributed by atoms with van der Waals surface area (Å²) in [6.45, 7) is 2.76. The van der Waals surface area contributed by atoms with Gasteiger partial charge in [0.2, 0.25) is 15.9 Å². The van der Waals surface area contributed by atoms with Gasteiger partial charge in [-0.2, -0.15) is 0 Å². The van der Waals surface area contributed by atoms with Crippen LogP contribution in [0.4, 0.5) is 5.69 Å². The van der Waals surface area contributed by atoms with Gasteiger partial charge in [0.25, 0.3) is 0 Å². The molecule has 0 aliphatic carbocycles. The Hall–Kier alpha value is -1.47. The molecule has 1 aliphatic rings. The van der Waals surface area contributed by atoms with Gasteiger partial charge in [-0.15, -0.1) is 0 Å². The smallest absolute Gasteiger partial charge is 0.228 e. The summed E-state index contributed by atoms with van der Waals surface area (Å²) < 4.78 is 26.0. The quantitative estimate of drug-likeness (QED) is 0.866. The van der Waals surface area contributed by atoms with E-state index >= 15 is 0 Å². The van der Waals surface area contributed by atoms with E-state index in [-0.39, 0.29) is 24.1 Å². The second-order valence-corrected chi connectivity index (χ2v) is 7.69. The number of nitrogens with one attached hydrogen (secondary N) is 1. The summed E-state index contributed by atoms with van der Waals surface area (Å²) in [6, 6.07) is 3.52. The second-order valence-electron chi connectivity index (χ2n) is 5.60. The molecule has 1 unspecified atom stereocenters. The van der Waals surface area contributed by atoms with Crippen LogP contribution in [0.5, 0.6) is 0 Å². The molecule has 1 aromatic heterocycles. The monoisotopic (exact) mass is 325 g/mol. The van der Waals surface area contributed by atoms with Gasteiger partial charge < -0.3 is 5.32 Å². The van der Waals surface area contributed by atoms with Crippen molar-refractivity contribution in [2.45, 2.75) is 32.6 Å². The summed E-state index contributed by atoms with van der Waals surface area (Å²) in [5, 5.41) is 2.80. The van der Waals surface area contributed by atoms with Crippen LogP contribution in [0.2, 0.25) is 0 Å². The first kappa shape index (κ1) is 16.9.